The lowest BCUT2D eigenvalue weighted by Crippen LogP contribution is -2.22. The van der Waals surface area contributed by atoms with Crippen LogP contribution in [-0.2, 0) is 0 Å². The van der Waals surface area contributed by atoms with E-state index < -0.39 is 0 Å². The zero-order chi connectivity index (χ0) is 12.0. The van der Waals surface area contributed by atoms with Crippen molar-refractivity contribution in [3.8, 4) is 0 Å². The van der Waals surface area contributed by atoms with Crippen LogP contribution in [0.25, 0.3) is 0 Å². The normalized spacial score (nSPS) is 12.8. The van der Waals surface area contributed by atoms with Crippen LogP contribution in [0.3, 0.4) is 0 Å². The Morgan fingerprint density at radius 3 is 2.56 bits per heavy atom. The molecule has 0 saturated heterocycles. The predicted octanol–water partition coefficient (Wildman–Crippen LogP) is 4.49. The number of nitrogens with one attached hydrogen (secondary N) is 1. The summed E-state index contributed by atoms with van der Waals surface area (Å²) in [6.07, 6.45) is 3.47. The molecule has 0 aliphatic carbocycles. The van der Waals surface area contributed by atoms with E-state index in [9.17, 15) is 0 Å². The minimum Gasteiger partial charge on any atom is -0.310 e. The van der Waals surface area contributed by atoms with E-state index in [0.717, 1.165) is 24.4 Å². The number of hydrogen-bond donors (Lipinski definition) is 1. The topological polar surface area (TPSA) is 12.0 Å². The molecule has 1 nitrogen and oxygen atoms in total. The van der Waals surface area contributed by atoms with E-state index in [1.54, 1.807) is 0 Å². The number of rotatable bonds is 6. The lowest BCUT2D eigenvalue weighted by Gasteiger charge is -2.19. The molecule has 1 aromatic carbocycles. The SMILES string of the molecule is CCCNC(CCC)c1ccc(C)cc1Cl. The Labute approximate surface area is 104 Å². The standard InChI is InChI=1S/C14H22ClN/c1-4-6-14(16-9-5-2)12-8-7-11(3)10-13(12)15/h7-8,10,14,16H,4-6,9H2,1-3H3. The lowest BCUT2D eigenvalue weighted by molar-refractivity contribution is 0.494. The molecule has 1 N–H and O–H groups in total. The number of aryl methyl sites for hydroxylation is 1. The van der Waals surface area contributed by atoms with Gasteiger partial charge in [-0.25, -0.2) is 0 Å². The molecule has 1 atom stereocenters. The van der Waals surface area contributed by atoms with Crippen molar-refractivity contribution in [3.05, 3.63) is 34.3 Å². The summed E-state index contributed by atoms with van der Waals surface area (Å²) < 4.78 is 0. The van der Waals surface area contributed by atoms with Gasteiger partial charge in [-0.1, -0.05) is 44.0 Å². The maximum atomic E-state index is 6.30. The van der Waals surface area contributed by atoms with Crippen molar-refractivity contribution < 1.29 is 0 Å². The van der Waals surface area contributed by atoms with Crippen molar-refractivity contribution in [2.45, 2.75) is 46.1 Å². The number of halogens is 1. The second-order valence-corrected chi connectivity index (χ2v) is 4.73. The molecule has 0 heterocycles. The fourth-order valence-electron chi connectivity index (χ4n) is 1.89. The Balaban J connectivity index is 2.82. The maximum absolute atomic E-state index is 6.30. The average Bonchev–Trinajstić information content (AvgIpc) is 2.25. The molecule has 0 aromatic heterocycles. The minimum atomic E-state index is 0.401. The second kappa shape index (κ2) is 6.93. The summed E-state index contributed by atoms with van der Waals surface area (Å²) in [6.45, 7) is 7.52. The van der Waals surface area contributed by atoms with Gasteiger partial charge >= 0.3 is 0 Å². The van der Waals surface area contributed by atoms with E-state index in [1.807, 2.05) is 6.07 Å². The Kier molecular flexibility index (Phi) is 5.86. The molecule has 90 valence electrons. The molecule has 0 bridgehead atoms. The third-order valence-corrected chi connectivity index (χ3v) is 3.08. The fourth-order valence-corrected chi connectivity index (χ4v) is 2.26. The first-order chi connectivity index (χ1) is 7.69. The molecule has 0 spiro atoms. The van der Waals surface area contributed by atoms with Crippen molar-refractivity contribution in [2.24, 2.45) is 0 Å². The van der Waals surface area contributed by atoms with Crippen LogP contribution in [0.15, 0.2) is 18.2 Å². The number of benzene rings is 1. The minimum absolute atomic E-state index is 0.401. The van der Waals surface area contributed by atoms with Gasteiger partial charge in [0.15, 0.2) is 0 Å². The Morgan fingerprint density at radius 1 is 1.25 bits per heavy atom. The summed E-state index contributed by atoms with van der Waals surface area (Å²) in [4.78, 5) is 0. The maximum Gasteiger partial charge on any atom is 0.0456 e. The molecule has 1 rings (SSSR count). The van der Waals surface area contributed by atoms with Crippen molar-refractivity contribution >= 4 is 11.6 Å². The van der Waals surface area contributed by atoms with Crippen LogP contribution in [0.1, 0.15) is 50.3 Å². The van der Waals surface area contributed by atoms with Crippen LogP contribution in [-0.4, -0.2) is 6.54 Å². The van der Waals surface area contributed by atoms with Gasteiger partial charge in [-0.15, -0.1) is 0 Å². The molecule has 2 heteroatoms. The summed E-state index contributed by atoms with van der Waals surface area (Å²) in [5.74, 6) is 0. The lowest BCUT2D eigenvalue weighted by atomic mass is 10.0. The van der Waals surface area contributed by atoms with Crippen LogP contribution < -0.4 is 5.32 Å². The van der Waals surface area contributed by atoms with Gasteiger partial charge in [0.1, 0.15) is 0 Å². The van der Waals surface area contributed by atoms with Gasteiger partial charge in [0.05, 0.1) is 0 Å². The molecular weight excluding hydrogens is 218 g/mol. The monoisotopic (exact) mass is 239 g/mol. The van der Waals surface area contributed by atoms with E-state index in [1.165, 1.54) is 17.5 Å². The fraction of sp³-hybridized carbons (Fsp3) is 0.571. The highest BCUT2D eigenvalue weighted by Crippen LogP contribution is 2.27. The van der Waals surface area contributed by atoms with Crippen LogP contribution in [0.2, 0.25) is 5.02 Å². The van der Waals surface area contributed by atoms with Gasteiger partial charge in [0.25, 0.3) is 0 Å². The molecule has 0 radical (unpaired) electrons. The highest BCUT2D eigenvalue weighted by molar-refractivity contribution is 6.31. The Morgan fingerprint density at radius 2 is 2.00 bits per heavy atom. The van der Waals surface area contributed by atoms with Gasteiger partial charge in [-0.3, -0.25) is 0 Å². The molecular formula is C14H22ClN. The largest absolute Gasteiger partial charge is 0.310 e. The molecule has 0 aliphatic rings. The first-order valence-electron chi connectivity index (χ1n) is 6.18. The second-order valence-electron chi connectivity index (χ2n) is 4.32. The zero-order valence-electron chi connectivity index (χ0n) is 10.5. The predicted molar refractivity (Wildman–Crippen MR) is 72.1 cm³/mol. The smallest absolute Gasteiger partial charge is 0.0456 e. The third kappa shape index (κ3) is 3.80. The summed E-state index contributed by atoms with van der Waals surface area (Å²) >= 11 is 6.30. The summed E-state index contributed by atoms with van der Waals surface area (Å²) in [6, 6.07) is 6.74. The van der Waals surface area contributed by atoms with Crippen molar-refractivity contribution in [1.82, 2.24) is 5.32 Å². The molecule has 16 heavy (non-hydrogen) atoms. The summed E-state index contributed by atoms with van der Waals surface area (Å²) in [7, 11) is 0. The Bertz CT molecular complexity index is 323. The van der Waals surface area contributed by atoms with Gasteiger partial charge in [-0.05, 0) is 43.5 Å². The summed E-state index contributed by atoms with van der Waals surface area (Å²) in [5, 5.41) is 4.45. The summed E-state index contributed by atoms with van der Waals surface area (Å²) in [5.41, 5.74) is 2.46. The van der Waals surface area contributed by atoms with Crippen LogP contribution >= 0.6 is 11.6 Å². The molecule has 1 unspecified atom stereocenters. The van der Waals surface area contributed by atoms with Crippen molar-refractivity contribution in [3.63, 3.8) is 0 Å². The molecule has 0 amide bonds. The van der Waals surface area contributed by atoms with Gasteiger partial charge in [0, 0.05) is 11.1 Å². The van der Waals surface area contributed by atoms with E-state index in [2.05, 4.69) is 38.2 Å². The van der Waals surface area contributed by atoms with E-state index >= 15 is 0 Å². The highest BCUT2D eigenvalue weighted by Gasteiger charge is 2.12. The molecule has 1 aromatic rings. The third-order valence-electron chi connectivity index (χ3n) is 2.75. The van der Waals surface area contributed by atoms with Crippen molar-refractivity contribution in [1.29, 1.82) is 0 Å². The van der Waals surface area contributed by atoms with Gasteiger partial charge < -0.3 is 5.32 Å². The van der Waals surface area contributed by atoms with E-state index in [-0.39, 0.29) is 0 Å². The Hall–Kier alpha value is -0.530. The van der Waals surface area contributed by atoms with Crippen LogP contribution in [0.5, 0.6) is 0 Å². The van der Waals surface area contributed by atoms with Crippen LogP contribution in [0, 0.1) is 6.92 Å². The first-order valence-corrected chi connectivity index (χ1v) is 6.56. The molecule has 0 saturated carbocycles. The van der Waals surface area contributed by atoms with Crippen LogP contribution in [0.4, 0.5) is 0 Å². The van der Waals surface area contributed by atoms with E-state index in [0.29, 0.717) is 6.04 Å². The highest BCUT2D eigenvalue weighted by atomic mass is 35.5. The van der Waals surface area contributed by atoms with Gasteiger partial charge in [-0.2, -0.15) is 0 Å². The average molecular weight is 240 g/mol. The quantitative estimate of drug-likeness (QED) is 0.771. The molecule has 0 aliphatic heterocycles. The molecule has 0 fully saturated rings. The van der Waals surface area contributed by atoms with Gasteiger partial charge in [0.2, 0.25) is 0 Å². The van der Waals surface area contributed by atoms with E-state index in [4.69, 9.17) is 11.6 Å². The van der Waals surface area contributed by atoms with Crippen molar-refractivity contribution in [2.75, 3.05) is 6.54 Å². The zero-order valence-corrected chi connectivity index (χ0v) is 11.3. The first kappa shape index (κ1) is 13.5. The number of hydrogen-bond acceptors (Lipinski definition) is 1.